The fourth-order valence-electron chi connectivity index (χ4n) is 1.99. The summed E-state index contributed by atoms with van der Waals surface area (Å²) in [5.41, 5.74) is 2.45. The number of H-pyrrole nitrogens is 2. The van der Waals surface area contributed by atoms with Gasteiger partial charge >= 0.3 is 0 Å². The number of nitrogens with one attached hydrogen (secondary N) is 2. The van der Waals surface area contributed by atoms with Crippen molar-refractivity contribution in [2.45, 2.75) is 6.92 Å². The largest absolute Gasteiger partial charge is 0.496 e. The van der Waals surface area contributed by atoms with Crippen LogP contribution in [0.2, 0.25) is 0 Å². The third kappa shape index (κ3) is 2.68. The van der Waals surface area contributed by atoms with E-state index in [9.17, 15) is 0 Å². The maximum absolute atomic E-state index is 5.30. The predicted octanol–water partition coefficient (Wildman–Crippen LogP) is 2.53. The first kappa shape index (κ1) is 14.2. The Kier molecular flexibility index (Phi) is 3.84. The maximum Gasteiger partial charge on any atom is 0.216 e. The van der Waals surface area contributed by atoms with E-state index in [0.717, 1.165) is 17.0 Å². The van der Waals surface area contributed by atoms with Gasteiger partial charge < -0.3 is 4.74 Å². The van der Waals surface area contributed by atoms with Crippen LogP contribution in [0.1, 0.15) is 11.3 Å². The molecule has 0 bridgehead atoms. The summed E-state index contributed by atoms with van der Waals surface area (Å²) in [5.74, 6) is 1.28. The van der Waals surface area contributed by atoms with E-state index in [1.54, 1.807) is 13.3 Å². The Morgan fingerprint density at radius 1 is 1.27 bits per heavy atom. The number of benzene rings is 1. The molecule has 0 spiro atoms. The number of para-hydroxylation sites is 1. The minimum atomic E-state index is 0.391. The number of aryl methyl sites for hydroxylation is 1. The van der Waals surface area contributed by atoms with Gasteiger partial charge in [-0.05, 0) is 37.3 Å². The third-order valence-electron chi connectivity index (χ3n) is 3.04. The molecule has 0 radical (unpaired) electrons. The molecule has 0 saturated carbocycles. The first-order chi connectivity index (χ1) is 10.7. The summed E-state index contributed by atoms with van der Waals surface area (Å²) >= 11 is 5.22. The van der Waals surface area contributed by atoms with Crippen LogP contribution in [-0.4, -0.2) is 38.4 Å². The Morgan fingerprint density at radius 3 is 2.82 bits per heavy atom. The van der Waals surface area contributed by atoms with Crippen LogP contribution in [-0.2, 0) is 0 Å². The van der Waals surface area contributed by atoms with Crippen molar-refractivity contribution >= 4 is 18.4 Å². The van der Waals surface area contributed by atoms with Crippen molar-refractivity contribution < 1.29 is 4.74 Å². The molecular weight excluding hydrogens is 300 g/mol. The van der Waals surface area contributed by atoms with E-state index < -0.39 is 0 Å². The van der Waals surface area contributed by atoms with E-state index >= 15 is 0 Å². The van der Waals surface area contributed by atoms with Gasteiger partial charge in [-0.2, -0.15) is 20.0 Å². The summed E-state index contributed by atoms with van der Waals surface area (Å²) in [7, 11) is 1.62. The van der Waals surface area contributed by atoms with Crippen LogP contribution in [0.4, 0.5) is 0 Å². The minimum Gasteiger partial charge on any atom is -0.496 e. The van der Waals surface area contributed by atoms with Crippen LogP contribution in [0.5, 0.6) is 5.75 Å². The SMILES string of the molecule is COc1ccccc1C=Nn1c(-c2cc(C)[nH]n2)n[nH]c1=S. The molecule has 8 heteroatoms. The summed E-state index contributed by atoms with van der Waals surface area (Å²) in [4.78, 5) is 0. The van der Waals surface area contributed by atoms with E-state index in [1.165, 1.54) is 4.68 Å². The molecule has 2 heterocycles. The molecule has 22 heavy (non-hydrogen) atoms. The van der Waals surface area contributed by atoms with Gasteiger partial charge in [0.2, 0.25) is 10.6 Å². The van der Waals surface area contributed by atoms with Gasteiger partial charge in [-0.1, -0.05) is 12.1 Å². The number of nitrogens with zero attached hydrogens (tertiary/aromatic N) is 4. The number of methoxy groups -OCH3 is 1. The minimum absolute atomic E-state index is 0.391. The molecule has 0 atom stereocenters. The first-order valence-electron chi connectivity index (χ1n) is 6.56. The van der Waals surface area contributed by atoms with Gasteiger partial charge in [-0.25, -0.2) is 5.10 Å². The Morgan fingerprint density at radius 2 is 2.09 bits per heavy atom. The lowest BCUT2D eigenvalue weighted by molar-refractivity contribution is 0.414. The molecule has 1 aromatic carbocycles. The van der Waals surface area contributed by atoms with Gasteiger partial charge in [0.1, 0.15) is 11.4 Å². The van der Waals surface area contributed by atoms with Gasteiger partial charge in [-0.3, -0.25) is 5.10 Å². The molecule has 112 valence electrons. The average Bonchev–Trinajstić information content (AvgIpc) is 3.11. The highest BCUT2D eigenvalue weighted by Gasteiger charge is 2.11. The van der Waals surface area contributed by atoms with Crippen molar-refractivity contribution in [3.05, 3.63) is 46.4 Å². The zero-order valence-corrected chi connectivity index (χ0v) is 12.9. The standard InChI is InChI=1S/C14H14N6OS/c1-9-7-11(17-16-9)13-18-19-14(22)20(13)15-8-10-5-3-4-6-12(10)21-2/h3-8H,1-2H3,(H,16,17)(H,19,22). The average molecular weight is 314 g/mol. The fourth-order valence-corrected chi connectivity index (χ4v) is 2.17. The number of hydrogen-bond acceptors (Lipinski definition) is 5. The molecule has 7 nitrogen and oxygen atoms in total. The molecule has 2 N–H and O–H groups in total. The van der Waals surface area contributed by atoms with Crippen LogP contribution >= 0.6 is 12.2 Å². The molecule has 0 aliphatic carbocycles. The Balaban J connectivity index is 2.01. The second-order valence-electron chi connectivity index (χ2n) is 4.59. The lowest BCUT2D eigenvalue weighted by Gasteiger charge is -2.03. The van der Waals surface area contributed by atoms with Crippen LogP contribution in [0.25, 0.3) is 11.5 Å². The van der Waals surface area contributed by atoms with Gasteiger partial charge in [0.05, 0.1) is 13.3 Å². The maximum atomic E-state index is 5.30. The first-order valence-corrected chi connectivity index (χ1v) is 6.97. The molecule has 0 fully saturated rings. The lowest BCUT2D eigenvalue weighted by Crippen LogP contribution is -1.96. The number of rotatable bonds is 4. The van der Waals surface area contributed by atoms with E-state index in [-0.39, 0.29) is 0 Å². The molecule has 0 saturated heterocycles. The highest BCUT2D eigenvalue weighted by molar-refractivity contribution is 7.71. The number of hydrogen-bond donors (Lipinski definition) is 2. The molecule has 2 aromatic heterocycles. The zero-order valence-electron chi connectivity index (χ0n) is 12.1. The highest BCUT2D eigenvalue weighted by Crippen LogP contribution is 2.17. The summed E-state index contributed by atoms with van der Waals surface area (Å²) < 4.78 is 7.21. The second-order valence-corrected chi connectivity index (χ2v) is 4.97. The van der Waals surface area contributed by atoms with Crippen molar-refractivity contribution in [2.75, 3.05) is 7.11 Å². The monoisotopic (exact) mass is 314 g/mol. The Labute approximate surface area is 131 Å². The highest BCUT2D eigenvalue weighted by atomic mass is 32.1. The Hall–Kier alpha value is -2.74. The van der Waals surface area contributed by atoms with Crippen molar-refractivity contribution in [1.29, 1.82) is 0 Å². The van der Waals surface area contributed by atoms with E-state index in [1.807, 2.05) is 37.3 Å². The summed E-state index contributed by atoms with van der Waals surface area (Å²) in [6, 6.07) is 9.46. The van der Waals surface area contributed by atoms with E-state index in [4.69, 9.17) is 17.0 Å². The Bertz CT molecular complexity index is 875. The summed E-state index contributed by atoms with van der Waals surface area (Å²) in [6.07, 6.45) is 1.67. The van der Waals surface area contributed by atoms with Gasteiger partial charge in [-0.15, -0.1) is 0 Å². The predicted molar refractivity (Wildman–Crippen MR) is 85.7 cm³/mol. The molecule has 0 amide bonds. The lowest BCUT2D eigenvalue weighted by atomic mass is 10.2. The number of aromatic amines is 2. The van der Waals surface area contributed by atoms with Gasteiger partial charge in [0.25, 0.3) is 0 Å². The van der Waals surface area contributed by atoms with Crippen molar-refractivity contribution in [3.63, 3.8) is 0 Å². The van der Waals surface area contributed by atoms with Gasteiger partial charge in [0.15, 0.2) is 0 Å². The van der Waals surface area contributed by atoms with Crippen LogP contribution in [0, 0.1) is 11.7 Å². The fraction of sp³-hybridized carbons (Fsp3) is 0.143. The number of ether oxygens (including phenoxy) is 1. The molecule has 0 aliphatic rings. The zero-order chi connectivity index (χ0) is 15.5. The normalized spacial score (nSPS) is 11.2. The molecule has 0 unspecified atom stereocenters. The third-order valence-corrected chi connectivity index (χ3v) is 3.30. The molecule has 3 rings (SSSR count). The quantitative estimate of drug-likeness (QED) is 0.572. The second kappa shape index (κ2) is 5.94. The summed E-state index contributed by atoms with van der Waals surface area (Å²) in [6.45, 7) is 1.92. The van der Waals surface area contributed by atoms with Gasteiger partial charge in [0, 0.05) is 11.3 Å². The number of aromatic nitrogens is 5. The van der Waals surface area contributed by atoms with Crippen molar-refractivity contribution in [1.82, 2.24) is 25.1 Å². The molecule has 3 aromatic rings. The van der Waals surface area contributed by atoms with Crippen molar-refractivity contribution in [3.8, 4) is 17.3 Å². The molecular formula is C14H14N6OS. The topological polar surface area (TPSA) is 83.9 Å². The van der Waals surface area contributed by atoms with Crippen LogP contribution in [0.3, 0.4) is 0 Å². The molecule has 0 aliphatic heterocycles. The smallest absolute Gasteiger partial charge is 0.216 e. The van der Waals surface area contributed by atoms with Crippen LogP contribution < -0.4 is 4.74 Å². The van der Waals surface area contributed by atoms with Crippen molar-refractivity contribution in [2.24, 2.45) is 5.10 Å². The van der Waals surface area contributed by atoms with Crippen LogP contribution in [0.15, 0.2) is 35.4 Å². The van der Waals surface area contributed by atoms with E-state index in [2.05, 4.69) is 25.5 Å². The summed E-state index contributed by atoms with van der Waals surface area (Å²) in [5, 5.41) is 18.3. The van der Waals surface area contributed by atoms with E-state index in [0.29, 0.717) is 16.3 Å².